The van der Waals surface area contributed by atoms with E-state index in [1.807, 2.05) is 0 Å². The maximum absolute atomic E-state index is 15.4. The number of ether oxygens (including phenoxy) is 3. The number of carbonyl (C=O) groups is 2. The molecule has 2 unspecified atom stereocenters. The van der Waals surface area contributed by atoms with Crippen molar-refractivity contribution in [3.63, 3.8) is 0 Å². The lowest BCUT2D eigenvalue weighted by molar-refractivity contribution is -0.132. The van der Waals surface area contributed by atoms with Crippen LogP contribution in [0.3, 0.4) is 0 Å². The Kier molecular flexibility index (Phi) is 10.0. The van der Waals surface area contributed by atoms with Gasteiger partial charge in [0.2, 0.25) is 11.8 Å². The van der Waals surface area contributed by atoms with Crippen LogP contribution < -0.4 is 30.6 Å². The topological polar surface area (TPSA) is 125 Å². The van der Waals surface area contributed by atoms with E-state index in [0.717, 1.165) is 31.7 Å². The lowest BCUT2D eigenvalue weighted by atomic mass is 9.96. The van der Waals surface area contributed by atoms with Gasteiger partial charge in [-0.15, -0.1) is 0 Å². The molecule has 45 heavy (non-hydrogen) atoms. The van der Waals surface area contributed by atoms with E-state index in [1.165, 1.54) is 43.5 Å². The summed E-state index contributed by atoms with van der Waals surface area (Å²) in [5.74, 6) is -1.09. The largest absolute Gasteiger partial charge is 0.493 e. The predicted octanol–water partition coefficient (Wildman–Crippen LogP) is 5.59. The van der Waals surface area contributed by atoms with Gasteiger partial charge in [-0.25, -0.2) is 8.78 Å². The van der Waals surface area contributed by atoms with Crippen LogP contribution in [0.1, 0.15) is 30.7 Å². The molecule has 0 radical (unpaired) electrons. The van der Waals surface area contributed by atoms with Gasteiger partial charge in [0.25, 0.3) is 0 Å². The Morgan fingerprint density at radius 2 is 1.78 bits per heavy atom. The summed E-state index contributed by atoms with van der Waals surface area (Å²) in [7, 11) is 1.53. The molecule has 0 spiro atoms. The normalized spacial score (nSPS) is 17.1. The average Bonchev–Trinajstić information content (AvgIpc) is 3.80. The molecule has 2 atom stereocenters. The first kappa shape index (κ1) is 32.0. The first-order chi connectivity index (χ1) is 21.8. The van der Waals surface area contributed by atoms with Gasteiger partial charge >= 0.3 is 0 Å². The number of fused-ring (bicyclic) bond motifs is 1. The summed E-state index contributed by atoms with van der Waals surface area (Å²) in [5.41, 5.74) is 5.40. The zero-order valence-corrected chi connectivity index (χ0v) is 25.5. The zero-order valence-electron chi connectivity index (χ0n) is 24.6. The molecule has 1 fully saturated rings. The summed E-state index contributed by atoms with van der Waals surface area (Å²) in [5, 5.41) is 6.53. The molecule has 1 aliphatic carbocycles. The second kappa shape index (κ2) is 14.1. The quantitative estimate of drug-likeness (QED) is 0.0762. The Balaban J connectivity index is 1.29. The van der Waals surface area contributed by atoms with Gasteiger partial charge in [-0.1, -0.05) is 6.07 Å². The van der Waals surface area contributed by atoms with Crippen LogP contribution in [0.2, 0.25) is 0 Å². The van der Waals surface area contributed by atoms with Gasteiger partial charge in [-0.2, -0.15) is 12.6 Å². The number of nitrogens with zero attached hydrogens (tertiary/aromatic N) is 1. The molecule has 1 saturated carbocycles. The Morgan fingerprint density at radius 3 is 2.49 bits per heavy atom. The van der Waals surface area contributed by atoms with E-state index in [4.69, 9.17) is 19.9 Å². The number of rotatable bonds is 15. The number of primary amides is 1. The molecule has 9 nitrogen and oxygen atoms in total. The number of hydrogen-bond donors (Lipinski definition) is 4. The average molecular weight is 637 g/mol. The van der Waals surface area contributed by atoms with Crippen LogP contribution >= 0.6 is 12.6 Å². The van der Waals surface area contributed by atoms with Crippen LogP contribution in [-0.4, -0.2) is 49.4 Å². The molecule has 0 saturated heterocycles. The Hall–Kier alpha value is -4.42. The van der Waals surface area contributed by atoms with Gasteiger partial charge in [-0.3, -0.25) is 14.6 Å². The minimum absolute atomic E-state index is 0.0583. The van der Waals surface area contributed by atoms with Crippen molar-refractivity contribution in [2.45, 2.75) is 25.2 Å². The summed E-state index contributed by atoms with van der Waals surface area (Å²) >= 11 is 4.20. The highest BCUT2D eigenvalue weighted by Gasteiger charge is 2.65. The van der Waals surface area contributed by atoms with Crippen molar-refractivity contribution in [3.05, 3.63) is 84.1 Å². The van der Waals surface area contributed by atoms with E-state index < -0.39 is 34.8 Å². The van der Waals surface area contributed by atoms with Gasteiger partial charge in [0.15, 0.2) is 23.1 Å². The number of halogens is 2. The zero-order chi connectivity index (χ0) is 32.0. The van der Waals surface area contributed by atoms with Gasteiger partial charge in [0, 0.05) is 29.3 Å². The molecule has 2 amide bonds. The van der Waals surface area contributed by atoms with Crippen molar-refractivity contribution in [2.75, 3.05) is 37.9 Å². The Labute approximate surface area is 264 Å². The third kappa shape index (κ3) is 7.12. The molecule has 4 aromatic rings. The maximum atomic E-state index is 15.4. The maximum Gasteiger partial charge on any atom is 0.240 e. The molecule has 0 aliphatic heterocycles. The van der Waals surface area contributed by atoms with E-state index in [2.05, 4.69) is 28.2 Å². The lowest BCUT2D eigenvalue weighted by Crippen LogP contribution is -2.37. The van der Waals surface area contributed by atoms with Gasteiger partial charge in [0.05, 0.1) is 19.2 Å². The van der Waals surface area contributed by atoms with E-state index in [0.29, 0.717) is 46.0 Å². The van der Waals surface area contributed by atoms with Crippen molar-refractivity contribution in [1.82, 2.24) is 10.3 Å². The molecule has 236 valence electrons. The van der Waals surface area contributed by atoms with Gasteiger partial charge < -0.3 is 30.6 Å². The SMILES string of the molecule is COc1cc2c(Oc3ccc(C4CC4(C(N)=O)C(=O)Nc4ccc(F)cc4)cc3F)ccnc2cc1OCCCNCCCS. The highest BCUT2D eigenvalue weighted by molar-refractivity contribution is 7.80. The van der Waals surface area contributed by atoms with Crippen LogP contribution in [0, 0.1) is 17.0 Å². The van der Waals surface area contributed by atoms with E-state index >= 15 is 4.39 Å². The number of amides is 2. The summed E-state index contributed by atoms with van der Waals surface area (Å²) < 4.78 is 46.1. The number of hydrogen-bond acceptors (Lipinski definition) is 8. The predicted molar refractivity (Wildman–Crippen MR) is 170 cm³/mol. The van der Waals surface area contributed by atoms with Gasteiger partial charge in [0.1, 0.15) is 17.0 Å². The van der Waals surface area contributed by atoms with Crippen LogP contribution in [0.5, 0.6) is 23.0 Å². The molecule has 5 rings (SSSR count). The highest BCUT2D eigenvalue weighted by atomic mass is 32.1. The number of methoxy groups -OCH3 is 1. The van der Waals surface area contributed by atoms with E-state index in [1.54, 1.807) is 30.5 Å². The molecule has 3 aromatic carbocycles. The Bertz CT molecular complexity index is 1690. The molecule has 1 heterocycles. The fourth-order valence-electron chi connectivity index (χ4n) is 5.21. The van der Waals surface area contributed by atoms with Crippen LogP contribution in [0.15, 0.2) is 66.9 Å². The molecular weight excluding hydrogens is 602 g/mol. The smallest absolute Gasteiger partial charge is 0.240 e. The monoisotopic (exact) mass is 636 g/mol. The van der Waals surface area contributed by atoms with E-state index in [9.17, 15) is 14.0 Å². The van der Waals surface area contributed by atoms with Crippen LogP contribution in [0.25, 0.3) is 10.9 Å². The highest BCUT2D eigenvalue weighted by Crippen LogP contribution is 2.60. The second-order valence-corrected chi connectivity index (χ2v) is 11.2. The number of pyridine rings is 1. The first-order valence-electron chi connectivity index (χ1n) is 14.5. The van der Waals surface area contributed by atoms with Crippen molar-refractivity contribution in [3.8, 4) is 23.0 Å². The number of aromatic nitrogens is 1. The van der Waals surface area contributed by atoms with Gasteiger partial charge in [-0.05, 0) is 92.2 Å². The van der Waals surface area contributed by atoms with Crippen molar-refractivity contribution in [2.24, 2.45) is 11.1 Å². The Morgan fingerprint density at radius 1 is 1.00 bits per heavy atom. The van der Waals surface area contributed by atoms with E-state index in [-0.39, 0.29) is 12.2 Å². The standard InChI is InChI=1S/C33H34F2N4O5S/c1-42-29-17-23-26(18-30(29)43-14-2-11-37-12-3-15-45)38-13-10-27(23)44-28-9-4-20(16-25(28)35)24-19-33(24,31(36)40)32(41)39-22-7-5-21(34)6-8-22/h4-10,13,16-18,24,37,45H,2-3,11-12,14-15,19H2,1H3,(H2,36,40)(H,39,41). The van der Waals surface area contributed by atoms with Crippen molar-refractivity contribution in [1.29, 1.82) is 0 Å². The molecule has 0 bridgehead atoms. The molecule has 12 heteroatoms. The minimum Gasteiger partial charge on any atom is -0.493 e. The minimum atomic E-state index is -1.55. The fourth-order valence-corrected chi connectivity index (χ4v) is 5.37. The number of nitrogens with one attached hydrogen (secondary N) is 2. The lowest BCUT2D eigenvalue weighted by Gasteiger charge is -2.16. The molecule has 4 N–H and O–H groups in total. The molecular formula is C33H34F2N4O5S. The van der Waals surface area contributed by atoms with Crippen LogP contribution in [-0.2, 0) is 9.59 Å². The second-order valence-electron chi connectivity index (χ2n) is 10.7. The number of thiol groups is 1. The number of nitrogens with two attached hydrogens (primary N) is 1. The number of anilines is 1. The summed E-state index contributed by atoms with van der Waals surface area (Å²) in [6, 6.07) is 14.5. The third-order valence-electron chi connectivity index (χ3n) is 7.74. The van der Waals surface area contributed by atoms with Crippen molar-refractivity contribution < 1.29 is 32.6 Å². The number of carbonyl (C=O) groups excluding carboxylic acids is 2. The summed E-state index contributed by atoms with van der Waals surface area (Å²) in [4.78, 5) is 29.9. The first-order valence-corrected chi connectivity index (χ1v) is 15.2. The molecule has 1 aromatic heterocycles. The summed E-state index contributed by atoms with van der Waals surface area (Å²) in [6.07, 6.45) is 3.47. The molecule has 1 aliphatic rings. The fraction of sp³-hybridized carbons (Fsp3) is 0.303. The number of benzene rings is 3. The van der Waals surface area contributed by atoms with Crippen LogP contribution in [0.4, 0.5) is 14.5 Å². The third-order valence-corrected chi connectivity index (χ3v) is 8.06. The van der Waals surface area contributed by atoms with Crippen molar-refractivity contribution >= 4 is 41.0 Å². The summed E-state index contributed by atoms with van der Waals surface area (Å²) in [6.45, 7) is 2.21.